The molecule has 1 heterocycles. The molecule has 4 heteroatoms. The van der Waals surface area contributed by atoms with Gasteiger partial charge in [-0.3, -0.25) is 0 Å². The van der Waals surface area contributed by atoms with Crippen molar-refractivity contribution in [1.29, 1.82) is 0 Å². The van der Waals surface area contributed by atoms with Crippen molar-refractivity contribution in [1.82, 2.24) is 4.57 Å². The van der Waals surface area contributed by atoms with Gasteiger partial charge in [0.1, 0.15) is 6.73 Å². The molecule has 0 bridgehead atoms. The lowest BCUT2D eigenvalue weighted by Crippen LogP contribution is -2.01. The number of carboxylic acid groups (broad SMARTS) is 1. The Bertz CT molecular complexity index is 762. The molecular formula is C17H15NO3. The molecule has 0 saturated carbocycles. The van der Waals surface area contributed by atoms with Gasteiger partial charge in [-0.15, -0.1) is 0 Å². The number of benzene rings is 2. The fourth-order valence-electron chi connectivity index (χ4n) is 2.28. The lowest BCUT2D eigenvalue weighted by molar-refractivity contribution is 0.0668. The average Bonchev–Trinajstić information content (AvgIpc) is 2.91. The summed E-state index contributed by atoms with van der Waals surface area (Å²) in [7, 11) is 0. The Morgan fingerprint density at radius 2 is 1.90 bits per heavy atom. The van der Waals surface area contributed by atoms with Crippen molar-refractivity contribution in [3.63, 3.8) is 0 Å². The van der Waals surface area contributed by atoms with E-state index < -0.39 is 5.97 Å². The highest BCUT2D eigenvalue weighted by atomic mass is 16.5. The molecule has 4 nitrogen and oxygen atoms in total. The van der Waals surface area contributed by atoms with Gasteiger partial charge in [-0.2, -0.15) is 0 Å². The van der Waals surface area contributed by atoms with Gasteiger partial charge in [-0.05, 0) is 29.8 Å². The summed E-state index contributed by atoms with van der Waals surface area (Å²) in [6.07, 6.45) is 1.90. The Kier molecular flexibility index (Phi) is 3.71. The van der Waals surface area contributed by atoms with Crippen LogP contribution in [-0.2, 0) is 18.1 Å². The number of ether oxygens (including phenoxy) is 1. The first-order valence-electron chi connectivity index (χ1n) is 6.68. The van der Waals surface area contributed by atoms with E-state index in [9.17, 15) is 4.79 Å². The third-order valence-corrected chi connectivity index (χ3v) is 3.36. The molecule has 0 atom stereocenters. The summed E-state index contributed by atoms with van der Waals surface area (Å²) >= 11 is 0. The maximum atomic E-state index is 10.9. The lowest BCUT2D eigenvalue weighted by atomic mass is 10.1. The van der Waals surface area contributed by atoms with Gasteiger partial charge in [-0.1, -0.05) is 30.3 Å². The fourth-order valence-corrected chi connectivity index (χ4v) is 2.28. The molecule has 2 aromatic carbocycles. The molecule has 21 heavy (non-hydrogen) atoms. The van der Waals surface area contributed by atoms with Crippen LogP contribution in [0.1, 0.15) is 15.9 Å². The van der Waals surface area contributed by atoms with Gasteiger partial charge in [0, 0.05) is 11.6 Å². The van der Waals surface area contributed by atoms with E-state index in [1.807, 2.05) is 53.2 Å². The molecule has 1 N–H and O–H groups in total. The van der Waals surface area contributed by atoms with Gasteiger partial charge in [0.25, 0.3) is 0 Å². The second kappa shape index (κ2) is 5.81. The molecule has 1 aromatic heterocycles. The quantitative estimate of drug-likeness (QED) is 0.778. The Balaban J connectivity index is 1.71. The highest BCUT2D eigenvalue weighted by Gasteiger charge is 2.06. The smallest absolute Gasteiger partial charge is 0.335 e. The first kappa shape index (κ1) is 13.4. The number of hydrogen-bond donors (Lipinski definition) is 1. The van der Waals surface area contributed by atoms with Crippen LogP contribution >= 0.6 is 0 Å². The van der Waals surface area contributed by atoms with E-state index >= 15 is 0 Å². The third kappa shape index (κ3) is 2.95. The van der Waals surface area contributed by atoms with Crippen LogP contribution in [0.3, 0.4) is 0 Å². The third-order valence-electron chi connectivity index (χ3n) is 3.36. The summed E-state index contributed by atoms with van der Waals surface area (Å²) in [6, 6.07) is 17.0. The molecule has 0 saturated heterocycles. The number of aromatic carboxylic acids is 1. The predicted molar refractivity (Wildman–Crippen MR) is 80.1 cm³/mol. The van der Waals surface area contributed by atoms with Crippen molar-refractivity contribution < 1.29 is 14.6 Å². The minimum Gasteiger partial charge on any atom is -0.478 e. The average molecular weight is 281 g/mol. The van der Waals surface area contributed by atoms with E-state index in [4.69, 9.17) is 9.84 Å². The van der Waals surface area contributed by atoms with Crippen molar-refractivity contribution in [2.24, 2.45) is 0 Å². The first-order chi connectivity index (χ1) is 10.2. The SMILES string of the molecule is O=C(O)c1ccc2c(ccn2COCc2ccccc2)c1. The summed E-state index contributed by atoms with van der Waals surface area (Å²) in [4.78, 5) is 10.9. The molecule has 0 fully saturated rings. The summed E-state index contributed by atoms with van der Waals surface area (Å²) in [5, 5.41) is 9.89. The largest absolute Gasteiger partial charge is 0.478 e. The number of hydrogen-bond acceptors (Lipinski definition) is 2. The molecule has 0 radical (unpaired) electrons. The van der Waals surface area contributed by atoms with Gasteiger partial charge in [0.05, 0.1) is 17.7 Å². The Morgan fingerprint density at radius 3 is 2.67 bits per heavy atom. The van der Waals surface area contributed by atoms with Crippen LogP contribution in [0.5, 0.6) is 0 Å². The molecule has 0 aliphatic carbocycles. The summed E-state index contributed by atoms with van der Waals surface area (Å²) in [5.41, 5.74) is 2.39. The Hall–Kier alpha value is -2.59. The second-order valence-corrected chi connectivity index (χ2v) is 4.83. The van der Waals surface area contributed by atoms with Gasteiger partial charge >= 0.3 is 5.97 Å². The molecule has 0 amide bonds. The molecule has 0 aliphatic rings. The topological polar surface area (TPSA) is 51.5 Å². The van der Waals surface area contributed by atoms with E-state index in [0.29, 0.717) is 18.9 Å². The van der Waals surface area contributed by atoms with Crippen molar-refractivity contribution in [3.8, 4) is 0 Å². The van der Waals surface area contributed by atoms with Crippen molar-refractivity contribution in [2.75, 3.05) is 0 Å². The number of carbonyl (C=O) groups is 1. The number of aromatic nitrogens is 1. The van der Waals surface area contributed by atoms with E-state index in [0.717, 1.165) is 16.5 Å². The maximum Gasteiger partial charge on any atom is 0.335 e. The zero-order valence-corrected chi connectivity index (χ0v) is 11.4. The standard InChI is InChI=1S/C17H15NO3/c19-17(20)15-6-7-16-14(10-15)8-9-18(16)12-21-11-13-4-2-1-3-5-13/h1-10H,11-12H2,(H,19,20). The van der Waals surface area contributed by atoms with Crippen LogP contribution in [0.4, 0.5) is 0 Å². The zero-order chi connectivity index (χ0) is 14.7. The highest BCUT2D eigenvalue weighted by Crippen LogP contribution is 2.18. The van der Waals surface area contributed by atoms with Crippen molar-refractivity contribution in [2.45, 2.75) is 13.3 Å². The predicted octanol–water partition coefficient (Wildman–Crippen LogP) is 3.51. The van der Waals surface area contributed by atoms with Crippen LogP contribution in [0.25, 0.3) is 10.9 Å². The minimum absolute atomic E-state index is 0.297. The van der Waals surface area contributed by atoms with Crippen LogP contribution in [0.2, 0.25) is 0 Å². The van der Waals surface area contributed by atoms with Crippen molar-refractivity contribution in [3.05, 3.63) is 71.9 Å². The first-order valence-corrected chi connectivity index (χ1v) is 6.68. The number of fused-ring (bicyclic) bond motifs is 1. The van der Waals surface area contributed by atoms with E-state index in [1.165, 1.54) is 0 Å². The number of carboxylic acids is 1. The van der Waals surface area contributed by atoms with Gasteiger partial charge in [0.15, 0.2) is 0 Å². The van der Waals surface area contributed by atoms with Gasteiger partial charge < -0.3 is 14.4 Å². The van der Waals surface area contributed by atoms with E-state index in [-0.39, 0.29) is 0 Å². The van der Waals surface area contributed by atoms with Crippen molar-refractivity contribution >= 4 is 16.9 Å². The molecular weight excluding hydrogens is 266 g/mol. The van der Waals surface area contributed by atoms with Crippen LogP contribution in [0.15, 0.2) is 60.8 Å². The Labute approximate surface area is 122 Å². The molecule has 0 spiro atoms. The minimum atomic E-state index is -0.912. The van der Waals surface area contributed by atoms with Crippen LogP contribution in [0, 0.1) is 0 Å². The lowest BCUT2D eigenvalue weighted by Gasteiger charge is -2.07. The molecule has 0 aliphatic heterocycles. The van der Waals surface area contributed by atoms with E-state index in [2.05, 4.69) is 0 Å². The maximum absolute atomic E-state index is 10.9. The molecule has 3 rings (SSSR count). The summed E-state index contributed by atoms with van der Waals surface area (Å²) < 4.78 is 7.66. The normalized spacial score (nSPS) is 10.9. The van der Waals surface area contributed by atoms with Crippen LogP contribution in [-0.4, -0.2) is 15.6 Å². The molecule has 106 valence electrons. The van der Waals surface area contributed by atoms with E-state index in [1.54, 1.807) is 12.1 Å². The Morgan fingerprint density at radius 1 is 1.10 bits per heavy atom. The van der Waals surface area contributed by atoms with Crippen LogP contribution < -0.4 is 0 Å². The molecule has 3 aromatic rings. The van der Waals surface area contributed by atoms with Gasteiger partial charge in [-0.25, -0.2) is 4.79 Å². The molecule has 0 unspecified atom stereocenters. The number of nitrogens with zero attached hydrogens (tertiary/aromatic N) is 1. The monoisotopic (exact) mass is 281 g/mol. The summed E-state index contributed by atoms with van der Waals surface area (Å²) in [5.74, 6) is -0.912. The zero-order valence-electron chi connectivity index (χ0n) is 11.4. The highest BCUT2D eigenvalue weighted by molar-refractivity contribution is 5.93. The van der Waals surface area contributed by atoms with Gasteiger partial charge in [0.2, 0.25) is 0 Å². The summed E-state index contributed by atoms with van der Waals surface area (Å²) in [6.45, 7) is 0.985. The fraction of sp³-hybridized carbons (Fsp3) is 0.118. The number of rotatable bonds is 5. The second-order valence-electron chi connectivity index (χ2n) is 4.83.